The molecule has 7 heteroatoms. The molecule has 1 heterocycles. The van der Waals surface area contributed by atoms with Crippen molar-refractivity contribution >= 4 is 12.1 Å². The van der Waals surface area contributed by atoms with Crippen molar-refractivity contribution in [2.45, 2.75) is 76.3 Å². The predicted octanol–water partition coefficient (Wildman–Crippen LogP) is 2.95. The summed E-state index contributed by atoms with van der Waals surface area (Å²) < 4.78 is 5.31. The van der Waals surface area contributed by atoms with Crippen LogP contribution in [-0.2, 0) is 4.74 Å². The molecule has 3 amide bonds. The highest BCUT2D eigenvalue weighted by Gasteiger charge is 2.28. The van der Waals surface area contributed by atoms with E-state index in [1.165, 1.54) is 19.3 Å². The fraction of sp³-hybridized carbons (Fsp3) is 0.900. The number of alkyl carbamates (subject to hydrolysis) is 1. The van der Waals surface area contributed by atoms with Crippen LogP contribution in [0.5, 0.6) is 0 Å². The number of nitrogens with zero attached hydrogens (tertiary/aromatic N) is 2. The number of urea groups is 1. The van der Waals surface area contributed by atoms with Gasteiger partial charge in [-0.25, -0.2) is 9.59 Å². The van der Waals surface area contributed by atoms with Gasteiger partial charge < -0.3 is 25.2 Å². The van der Waals surface area contributed by atoms with Crippen LogP contribution in [0.4, 0.5) is 9.59 Å². The molecule has 156 valence electrons. The van der Waals surface area contributed by atoms with Crippen LogP contribution in [0.3, 0.4) is 0 Å². The standard InChI is InChI=1S/C20H38N4O3/c1-23(2)14-8-13-21-20(26)27-16-12-18-11-6-7-15-24(18)19(25)22-17-9-4-3-5-10-17/h17-18H,3-16H2,1-2H3,(H,21,26)(H,22,25). The lowest BCUT2D eigenvalue weighted by molar-refractivity contribution is 0.110. The van der Waals surface area contributed by atoms with Crippen molar-refractivity contribution in [1.82, 2.24) is 20.4 Å². The molecule has 7 nitrogen and oxygen atoms in total. The summed E-state index contributed by atoms with van der Waals surface area (Å²) in [6.45, 7) is 2.72. The quantitative estimate of drug-likeness (QED) is 0.633. The molecule has 0 spiro atoms. The maximum Gasteiger partial charge on any atom is 0.407 e. The van der Waals surface area contributed by atoms with Crippen LogP contribution >= 0.6 is 0 Å². The third-order valence-electron chi connectivity index (χ3n) is 5.56. The monoisotopic (exact) mass is 382 g/mol. The highest BCUT2D eigenvalue weighted by Crippen LogP contribution is 2.22. The minimum Gasteiger partial charge on any atom is -0.449 e. The van der Waals surface area contributed by atoms with Crippen molar-refractivity contribution in [2.75, 3.05) is 40.3 Å². The zero-order chi connectivity index (χ0) is 19.5. The van der Waals surface area contributed by atoms with Crippen molar-refractivity contribution in [1.29, 1.82) is 0 Å². The number of hydrogen-bond acceptors (Lipinski definition) is 4. The molecule has 0 aromatic rings. The van der Waals surface area contributed by atoms with Gasteiger partial charge in [-0.2, -0.15) is 0 Å². The second-order valence-corrected chi connectivity index (χ2v) is 8.14. The van der Waals surface area contributed by atoms with Crippen LogP contribution in [0.15, 0.2) is 0 Å². The van der Waals surface area contributed by atoms with Crippen LogP contribution in [0.2, 0.25) is 0 Å². The zero-order valence-corrected chi connectivity index (χ0v) is 17.2. The van der Waals surface area contributed by atoms with Gasteiger partial charge in [-0.05, 0) is 59.2 Å². The molecule has 2 N–H and O–H groups in total. The summed E-state index contributed by atoms with van der Waals surface area (Å²) in [5.74, 6) is 0. The van der Waals surface area contributed by atoms with E-state index in [1.54, 1.807) is 0 Å². The molecular formula is C20H38N4O3. The van der Waals surface area contributed by atoms with Crippen LogP contribution in [0.1, 0.15) is 64.2 Å². The molecule has 0 radical (unpaired) electrons. The number of piperidine rings is 1. The van der Waals surface area contributed by atoms with E-state index >= 15 is 0 Å². The summed E-state index contributed by atoms with van der Waals surface area (Å²) in [5.41, 5.74) is 0. The molecule has 1 aliphatic heterocycles. The average Bonchev–Trinajstić information content (AvgIpc) is 2.66. The van der Waals surface area contributed by atoms with Crippen LogP contribution in [-0.4, -0.2) is 74.3 Å². The van der Waals surface area contributed by atoms with E-state index < -0.39 is 0 Å². The van der Waals surface area contributed by atoms with E-state index in [9.17, 15) is 9.59 Å². The SMILES string of the molecule is CN(C)CCCNC(=O)OCCC1CCCCN1C(=O)NC1CCCCC1. The Labute approximate surface area is 164 Å². The lowest BCUT2D eigenvalue weighted by Crippen LogP contribution is -2.51. The molecular weight excluding hydrogens is 344 g/mol. The summed E-state index contributed by atoms with van der Waals surface area (Å²) >= 11 is 0. The summed E-state index contributed by atoms with van der Waals surface area (Å²) in [7, 11) is 4.03. The molecule has 2 aliphatic rings. The molecule has 0 bridgehead atoms. The van der Waals surface area contributed by atoms with Crippen LogP contribution in [0, 0.1) is 0 Å². The highest BCUT2D eigenvalue weighted by atomic mass is 16.5. The van der Waals surface area contributed by atoms with Gasteiger partial charge in [0.05, 0.1) is 6.61 Å². The Morgan fingerprint density at radius 3 is 2.56 bits per heavy atom. The van der Waals surface area contributed by atoms with Crippen molar-refractivity contribution < 1.29 is 14.3 Å². The molecule has 2 rings (SSSR count). The maximum absolute atomic E-state index is 12.7. The van der Waals surface area contributed by atoms with Gasteiger partial charge in [0.2, 0.25) is 0 Å². The van der Waals surface area contributed by atoms with Gasteiger partial charge in [-0.15, -0.1) is 0 Å². The normalized spacial score (nSPS) is 21.1. The molecule has 27 heavy (non-hydrogen) atoms. The Morgan fingerprint density at radius 2 is 1.81 bits per heavy atom. The van der Waals surface area contributed by atoms with Crippen LogP contribution < -0.4 is 10.6 Å². The number of nitrogens with one attached hydrogen (secondary N) is 2. The molecule has 1 atom stereocenters. The third kappa shape index (κ3) is 8.37. The summed E-state index contributed by atoms with van der Waals surface area (Å²) in [5, 5.41) is 6.01. The first kappa shape index (κ1) is 21.8. The highest BCUT2D eigenvalue weighted by molar-refractivity contribution is 5.75. The van der Waals surface area contributed by atoms with Crippen molar-refractivity contribution in [2.24, 2.45) is 0 Å². The second kappa shape index (κ2) is 12.1. The van der Waals surface area contributed by atoms with Crippen molar-refractivity contribution in [3.63, 3.8) is 0 Å². The van der Waals surface area contributed by atoms with E-state index in [4.69, 9.17) is 4.74 Å². The molecule has 1 saturated heterocycles. The minimum atomic E-state index is -0.359. The second-order valence-electron chi connectivity index (χ2n) is 8.14. The Hall–Kier alpha value is -1.50. The number of rotatable bonds is 8. The van der Waals surface area contributed by atoms with Gasteiger partial charge in [0.25, 0.3) is 0 Å². The Morgan fingerprint density at radius 1 is 1.07 bits per heavy atom. The Kier molecular flexibility index (Phi) is 9.73. The van der Waals surface area contributed by atoms with Gasteiger partial charge >= 0.3 is 12.1 Å². The van der Waals surface area contributed by atoms with Crippen molar-refractivity contribution in [3.8, 4) is 0 Å². The summed E-state index contributed by atoms with van der Waals surface area (Å²) in [4.78, 5) is 28.5. The fourth-order valence-corrected chi connectivity index (χ4v) is 4.00. The molecule has 1 saturated carbocycles. The van der Waals surface area contributed by atoms with E-state index in [0.29, 0.717) is 25.6 Å². The number of ether oxygens (including phenoxy) is 1. The van der Waals surface area contributed by atoms with E-state index in [2.05, 4.69) is 15.5 Å². The van der Waals surface area contributed by atoms with Crippen LogP contribution in [0.25, 0.3) is 0 Å². The first-order valence-corrected chi connectivity index (χ1v) is 10.7. The van der Waals surface area contributed by atoms with Gasteiger partial charge in [-0.1, -0.05) is 19.3 Å². The molecule has 0 aromatic carbocycles. The largest absolute Gasteiger partial charge is 0.449 e. The number of carbonyl (C=O) groups excluding carboxylic acids is 2. The first-order chi connectivity index (χ1) is 13.1. The van der Waals surface area contributed by atoms with Crippen molar-refractivity contribution in [3.05, 3.63) is 0 Å². The van der Waals surface area contributed by atoms with E-state index in [1.807, 2.05) is 19.0 Å². The lowest BCUT2D eigenvalue weighted by atomic mass is 9.95. The number of hydrogen-bond donors (Lipinski definition) is 2. The third-order valence-corrected chi connectivity index (χ3v) is 5.56. The number of amides is 3. The molecule has 1 aliphatic carbocycles. The Balaban J connectivity index is 1.66. The lowest BCUT2D eigenvalue weighted by Gasteiger charge is -2.37. The molecule has 2 fully saturated rings. The van der Waals surface area contributed by atoms with Gasteiger partial charge in [0, 0.05) is 31.6 Å². The number of likely N-dealkylation sites (tertiary alicyclic amines) is 1. The maximum atomic E-state index is 12.7. The topological polar surface area (TPSA) is 73.9 Å². The smallest absolute Gasteiger partial charge is 0.407 e. The minimum absolute atomic E-state index is 0.0692. The predicted molar refractivity (Wildman–Crippen MR) is 107 cm³/mol. The van der Waals surface area contributed by atoms with Gasteiger partial charge in [-0.3, -0.25) is 0 Å². The fourth-order valence-electron chi connectivity index (χ4n) is 4.00. The van der Waals surface area contributed by atoms with Gasteiger partial charge in [0.15, 0.2) is 0 Å². The average molecular weight is 383 g/mol. The van der Waals surface area contributed by atoms with E-state index in [0.717, 1.165) is 51.6 Å². The molecule has 1 unspecified atom stereocenters. The van der Waals surface area contributed by atoms with E-state index in [-0.39, 0.29) is 18.2 Å². The Bertz CT molecular complexity index is 453. The summed E-state index contributed by atoms with van der Waals surface area (Å²) in [6.07, 6.45) is 10.3. The van der Waals surface area contributed by atoms with Gasteiger partial charge in [0.1, 0.15) is 0 Å². The first-order valence-electron chi connectivity index (χ1n) is 10.7. The summed E-state index contributed by atoms with van der Waals surface area (Å²) in [6, 6.07) is 0.571. The number of carbonyl (C=O) groups is 2. The molecule has 0 aromatic heterocycles. The zero-order valence-electron chi connectivity index (χ0n) is 17.2.